The molecule has 0 saturated heterocycles. The number of nitrogens with zero attached hydrogens (tertiary/aromatic N) is 1. The monoisotopic (exact) mass is 315 g/mol. The first-order chi connectivity index (χ1) is 9.35. The summed E-state index contributed by atoms with van der Waals surface area (Å²) in [7, 11) is -2.39. The molecular formula is C12H14ClN3O3S. The second-order valence-corrected chi connectivity index (χ2v) is 6.30. The summed E-state index contributed by atoms with van der Waals surface area (Å²) in [6, 6.07) is 4.34. The fourth-order valence-corrected chi connectivity index (χ4v) is 3.25. The average molecular weight is 316 g/mol. The number of nitrogens with one attached hydrogen (secondary N) is 2. The number of aromatic nitrogens is 2. The van der Waals surface area contributed by atoms with Crippen LogP contribution in [0.5, 0.6) is 5.75 Å². The van der Waals surface area contributed by atoms with Crippen LogP contribution in [0.25, 0.3) is 0 Å². The fourth-order valence-electron chi connectivity index (χ4n) is 1.75. The number of hydrogen-bond acceptors (Lipinski definition) is 4. The molecule has 0 bridgehead atoms. The first-order valence-electron chi connectivity index (χ1n) is 5.73. The quantitative estimate of drug-likeness (QED) is 0.908. The van der Waals surface area contributed by atoms with Gasteiger partial charge in [0, 0.05) is 11.1 Å². The van der Waals surface area contributed by atoms with Gasteiger partial charge in [0.25, 0.3) is 10.0 Å². The smallest absolute Gasteiger partial charge is 0.265 e. The third-order valence-electron chi connectivity index (χ3n) is 2.78. The largest absolute Gasteiger partial charge is 0.495 e. The van der Waals surface area contributed by atoms with E-state index in [0.29, 0.717) is 22.1 Å². The van der Waals surface area contributed by atoms with Crippen molar-refractivity contribution in [3.63, 3.8) is 0 Å². The Labute approximate surface area is 122 Å². The summed E-state index contributed by atoms with van der Waals surface area (Å²) in [5.41, 5.74) is 1.64. The minimum atomic E-state index is -3.78. The molecule has 108 valence electrons. The van der Waals surface area contributed by atoms with Crippen molar-refractivity contribution < 1.29 is 13.2 Å². The lowest BCUT2D eigenvalue weighted by Gasteiger charge is -2.11. The number of methoxy groups -OCH3 is 1. The topological polar surface area (TPSA) is 84.1 Å². The SMILES string of the molecule is COc1cc(Cl)ccc1S(=O)(=O)Nc1c(C)n[nH]c1C. The highest BCUT2D eigenvalue weighted by atomic mass is 35.5. The van der Waals surface area contributed by atoms with Gasteiger partial charge in [-0.15, -0.1) is 0 Å². The van der Waals surface area contributed by atoms with E-state index in [2.05, 4.69) is 14.9 Å². The molecule has 20 heavy (non-hydrogen) atoms. The number of benzene rings is 1. The van der Waals surface area contributed by atoms with Crippen LogP contribution < -0.4 is 9.46 Å². The van der Waals surface area contributed by atoms with E-state index >= 15 is 0 Å². The van der Waals surface area contributed by atoms with Crippen molar-refractivity contribution in [2.24, 2.45) is 0 Å². The first-order valence-corrected chi connectivity index (χ1v) is 7.59. The highest BCUT2D eigenvalue weighted by Gasteiger charge is 2.22. The van der Waals surface area contributed by atoms with E-state index in [4.69, 9.17) is 16.3 Å². The molecule has 0 spiro atoms. The normalized spacial score (nSPS) is 11.4. The van der Waals surface area contributed by atoms with Crippen molar-refractivity contribution in [3.05, 3.63) is 34.6 Å². The van der Waals surface area contributed by atoms with Gasteiger partial charge >= 0.3 is 0 Å². The van der Waals surface area contributed by atoms with Crippen LogP contribution in [0.2, 0.25) is 5.02 Å². The van der Waals surface area contributed by atoms with E-state index in [1.165, 1.54) is 25.3 Å². The molecule has 2 rings (SSSR count). The first kappa shape index (κ1) is 14.7. The fraction of sp³-hybridized carbons (Fsp3) is 0.250. The Balaban J connectivity index is 2.46. The van der Waals surface area contributed by atoms with E-state index in [9.17, 15) is 8.42 Å². The van der Waals surface area contributed by atoms with Gasteiger partial charge in [-0.25, -0.2) is 8.42 Å². The van der Waals surface area contributed by atoms with Crippen LogP contribution in [0.15, 0.2) is 23.1 Å². The zero-order valence-corrected chi connectivity index (χ0v) is 12.8. The van der Waals surface area contributed by atoms with Gasteiger partial charge in [-0.1, -0.05) is 11.6 Å². The van der Waals surface area contributed by atoms with Gasteiger partial charge in [-0.05, 0) is 26.0 Å². The minimum absolute atomic E-state index is 0.0180. The molecule has 0 aliphatic carbocycles. The summed E-state index contributed by atoms with van der Waals surface area (Å²) < 4.78 is 32.4. The number of halogens is 1. The maximum atomic E-state index is 12.4. The van der Waals surface area contributed by atoms with Crippen molar-refractivity contribution in [1.29, 1.82) is 0 Å². The van der Waals surface area contributed by atoms with E-state index < -0.39 is 10.0 Å². The lowest BCUT2D eigenvalue weighted by Crippen LogP contribution is -2.15. The lowest BCUT2D eigenvalue weighted by atomic mass is 10.3. The second-order valence-electron chi connectivity index (χ2n) is 4.21. The highest BCUT2D eigenvalue weighted by molar-refractivity contribution is 7.92. The number of ether oxygens (including phenoxy) is 1. The Morgan fingerprint density at radius 3 is 2.60 bits per heavy atom. The van der Waals surface area contributed by atoms with Gasteiger partial charge in [0.2, 0.25) is 0 Å². The standard InChI is InChI=1S/C12H14ClN3O3S/c1-7-12(8(2)15-14-7)16-20(17,18)11-5-4-9(13)6-10(11)19-3/h4-6,16H,1-3H3,(H,14,15). The minimum Gasteiger partial charge on any atom is -0.495 e. The van der Waals surface area contributed by atoms with Crippen molar-refractivity contribution in [1.82, 2.24) is 10.2 Å². The van der Waals surface area contributed by atoms with Crippen molar-refractivity contribution in [2.75, 3.05) is 11.8 Å². The summed E-state index contributed by atoms with van der Waals surface area (Å²) in [5, 5.41) is 7.07. The van der Waals surface area contributed by atoms with Gasteiger partial charge < -0.3 is 4.74 Å². The molecular weight excluding hydrogens is 302 g/mol. The molecule has 0 fully saturated rings. The predicted molar refractivity (Wildman–Crippen MR) is 76.9 cm³/mol. The average Bonchev–Trinajstić information content (AvgIpc) is 2.69. The molecule has 1 heterocycles. The Morgan fingerprint density at radius 1 is 1.35 bits per heavy atom. The zero-order valence-electron chi connectivity index (χ0n) is 11.2. The molecule has 6 nitrogen and oxygen atoms in total. The van der Waals surface area contributed by atoms with Crippen molar-refractivity contribution in [2.45, 2.75) is 18.7 Å². The summed E-state index contributed by atoms with van der Waals surface area (Å²) in [5.74, 6) is 0.184. The van der Waals surface area contributed by atoms with Gasteiger partial charge in [-0.3, -0.25) is 9.82 Å². The highest BCUT2D eigenvalue weighted by Crippen LogP contribution is 2.29. The lowest BCUT2D eigenvalue weighted by molar-refractivity contribution is 0.403. The Kier molecular flexibility index (Phi) is 3.92. The maximum absolute atomic E-state index is 12.4. The second kappa shape index (κ2) is 5.34. The Morgan fingerprint density at radius 2 is 2.05 bits per heavy atom. The molecule has 2 aromatic rings. The van der Waals surface area contributed by atoms with Gasteiger partial charge in [0.05, 0.1) is 24.2 Å². The third kappa shape index (κ3) is 2.73. The summed E-state index contributed by atoms with van der Waals surface area (Å²) in [6.45, 7) is 3.44. The molecule has 0 amide bonds. The number of aryl methyl sites for hydroxylation is 2. The van der Waals surface area contributed by atoms with E-state index in [1.807, 2.05) is 0 Å². The van der Waals surface area contributed by atoms with Gasteiger partial charge in [0.15, 0.2) is 0 Å². The molecule has 0 saturated carbocycles. The zero-order chi connectivity index (χ0) is 14.9. The van der Waals surface area contributed by atoms with Crippen LogP contribution in [-0.2, 0) is 10.0 Å². The van der Waals surface area contributed by atoms with Crippen LogP contribution in [0.1, 0.15) is 11.4 Å². The molecule has 0 aliphatic heterocycles. The number of hydrogen-bond donors (Lipinski definition) is 2. The van der Waals surface area contributed by atoms with Crippen LogP contribution in [0.4, 0.5) is 5.69 Å². The molecule has 0 unspecified atom stereocenters. The van der Waals surface area contributed by atoms with Crippen molar-refractivity contribution in [3.8, 4) is 5.75 Å². The van der Waals surface area contributed by atoms with E-state index in [0.717, 1.165) is 0 Å². The summed E-state index contributed by atoms with van der Waals surface area (Å²) in [6.07, 6.45) is 0. The van der Waals surface area contributed by atoms with Crippen LogP contribution >= 0.6 is 11.6 Å². The number of H-pyrrole nitrogens is 1. The van der Waals surface area contributed by atoms with Gasteiger partial charge in [-0.2, -0.15) is 5.10 Å². The molecule has 0 atom stereocenters. The molecule has 8 heteroatoms. The van der Waals surface area contributed by atoms with E-state index in [1.54, 1.807) is 13.8 Å². The number of aromatic amines is 1. The Hall–Kier alpha value is -1.73. The summed E-state index contributed by atoms with van der Waals surface area (Å²) in [4.78, 5) is 0.0180. The Bertz CT molecular complexity index is 721. The molecule has 1 aromatic carbocycles. The number of sulfonamides is 1. The molecule has 0 radical (unpaired) electrons. The molecule has 0 aliphatic rings. The van der Waals surface area contributed by atoms with Crippen LogP contribution in [0.3, 0.4) is 0 Å². The van der Waals surface area contributed by atoms with E-state index in [-0.39, 0.29) is 10.6 Å². The maximum Gasteiger partial charge on any atom is 0.265 e. The van der Waals surface area contributed by atoms with Crippen LogP contribution in [0, 0.1) is 13.8 Å². The molecule has 2 N–H and O–H groups in total. The van der Waals surface area contributed by atoms with Gasteiger partial charge in [0.1, 0.15) is 10.6 Å². The van der Waals surface area contributed by atoms with Crippen LogP contribution in [-0.4, -0.2) is 25.7 Å². The number of rotatable bonds is 4. The molecule has 1 aromatic heterocycles. The van der Waals surface area contributed by atoms with Crippen molar-refractivity contribution >= 4 is 27.3 Å². The summed E-state index contributed by atoms with van der Waals surface area (Å²) >= 11 is 5.83. The predicted octanol–water partition coefficient (Wildman–Crippen LogP) is 2.49. The number of anilines is 1. The third-order valence-corrected chi connectivity index (χ3v) is 4.40.